The van der Waals surface area contributed by atoms with E-state index in [1.165, 1.54) is 6.04 Å². The Labute approximate surface area is 65.5 Å². The van der Waals surface area contributed by atoms with E-state index in [9.17, 15) is 0 Å². The molecule has 2 nitrogen and oxygen atoms in total. The van der Waals surface area contributed by atoms with Gasteiger partial charge in [-0.15, -0.1) is 12.4 Å². The van der Waals surface area contributed by atoms with Crippen LogP contribution in [0, 0.1) is 0 Å². The second-order valence-corrected chi connectivity index (χ2v) is 3.22. The maximum absolute atomic E-state index is 5.28. The molecule has 0 saturated heterocycles. The average Bonchev–Trinajstić information content (AvgIpc) is 1.81. The second-order valence-electron chi connectivity index (χ2n) is 1.69. The monoisotopic (exact) mass is 169 g/mol. The standard InChI is InChI=1S/C5H15NOSi.ClH/c1-2-7-8-5-3-4-6;/h2-6,8H2,1H3;1H. The summed E-state index contributed by atoms with van der Waals surface area (Å²) in [6.07, 6.45) is 1.15. The Bertz CT molecular complexity index is 41.9. The molecule has 58 valence electrons. The molecular formula is C5H16ClNOSi. The van der Waals surface area contributed by atoms with Crippen LogP contribution in [0.2, 0.25) is 6.04 Å². The van der Waals surface area contributed by atoms with Crippen LogP contribution in [0.5, 0.6) is 0 Å². The first-order valence-electron chi connectivity index (χ1n) is 3.19. The molecule has 0 rings (SSSR count). The molecule has 0 saturated carbocycles. The van der Waals surface area contributed by atoms with Crippen molar-refractivity contribution in [2.24, 2.45) is 5.73 Å². The van der Waals surface area contributed by atoms with Crippen molar-refractivity contribution < 1.29 is 4.43 Å². The molecule has 0 aromatic carbocycles. The van der Waals surface area contributed by atoms with Crippen molar-refractivity contribution in [1.29, 1.82) is 0 Å². The summed E-state index contributed by atoms with van der Waals surface area (Å²) in [6, 6.07) is 1.24. The summed E-state index contributed by atoms with van der Waals surface area (Å²) in [6.45, 7) is 3.74. The van der Waals surface area contributed by atoms with E-state index in [0.717, 1.165) is 19.6 Å². The fraction of sp³-hybridized carbons (Fsp3) is 1.00. The first kappa shape index (κ1) is 12.1. The summed E-state index contributed by atoms with van der Waals surface area (Å²) >= 11 is 0. The molecule has 0 heterocycles. The lowest BCUT2D eigenvalue weighted by Crippen LogP contribution is -2.03. The van der Waals surface area contributed by atoms with Gasteiger partial charge in [0.25, 0.3) is 0 Å². The molecule has 0 radical (unpaired) electrons. The van der Waals surface area contributed by atoms with Gasteiger partial charge >= 0.3 is 0 Å². The Morgan fingerprint density at radius 2 is 2.22 bits per heavy atom. The van der Waals surface area contributed by atoms with Crippen molar-refractivity contribution in [3.8, 4) is 0 Å². The van der Waals surface area contributed by atoms with Crippen LogP contribution < -0.4 is 5.73 Å². The van der Waals surface area contributed by atoms with E-state index in [1.807, 2.05) is 6.92 Å². The quantitative estimate of drug-likeness (QED) is 0.475. The van der Waals surface area contributed by atoms with Gasteiger partial charge in [-0.3, -0.25) is 0 Å². The molecule has 0 aromatic rings. The largest absolute Gasteiger partial charge is 0.424 e. The lowest BCUT2D eigenvalue weighted by Gasteiger charge is -1.96. The minimum absolute atomic E-state index is 0. The van der Waals surface area contributed by atoms with Gasteiger partial charge in [0, 0.05) is 6.61 Å². The van der Waals surface area contributed by atoms with E-state index in [1.54, 1.807) is 0 Å². The van der Waals surface area contributed by atoms with Crippen LogP contribution in [0.3, 0.4) is 0 Å². The van der Waals surface area contributed by atoms with E-state index in [-0.39, 0.29) is 22.2 Å². The Morgan fingerprint density at radius 1 is 1.56 bits per heavy atom. The van der Waals surface area contributed by atoms with Gasteiger partial charge in [0.05, 0.1) is 0 Å². The van der Waals surface area contributed by atoms with Crippen molar-refractivity contribution in [1.82, 2.24) is 0 Å². The van der Waals surface area contributed by atoms with Gasteiger partial charge in [0.15, 0.2) is 9.76 Å². The predicted molar refractivity (Wildman–Crippen MR) is 45.9 cm³/mol. The number of halogens is 1. The smallest absolute Gasteiger partial charge is 0.161 e. The summed E-state index contributed by atoms with van der Waals surface area (Å²) in [5, 5.41) is 0. The molecule has 4 heteroatoms. The van der Waals surface area contributed by atoms with Crippen molar-refractivity contribution in [3.05, 3.63) is 0 Å². The third kappa shape index (κ3) is 11.8. The van der Waals surface area contributed by atoms with Crippen LogP contribution in [-0.2, 0) is 4.43 Å². The van der Waals surface area contributed by atoms with E-state index >= 15 is 0 Å². The molecule has 0 atom stereocenters. The fourth-order valence-electron chi connectivity index (χ4n) is 0.493. The Hall–Kier alpha value is 0.427. The van der Waals surface area contributed by atoms with Gasteiger partial charge < -0.3 is 10.2 Å². The first-order chi connectivity index (χ1) is 3.91. The van der Waals surface area contributed by atoms with Gasteiger partial charge in [-0.2, -0.15) is 0 Å². The summed E-state index contributed by atoms with van der Waals surface area (Å²) in [7, 11) is -0.180. The highest BCUT2D eigenvalue weighted by molar-refractivity contribution is 6.26. The van der Waals surface area contributed by atoms with Gasteiger partial charge in [-0.05, 0) is 25.9 Å². The normalized spacial score (nSPS) is 10.0. The fourth-order valence-corrected chi connectivity index (χ4v) is 1.48. The molecule has 0 bridgehead atoms. The molecule has 0 spiro atoms. The Kier molecular flexibility index (Phi) is 15.2. The van der Waals surface area contributed by atoms with Crippen molar-refractivity contribution in [2.45, 2.75) is 19.4 Å². The van der Waals surface area contributed by atoms with Gasteiger partial charge in [-0.25, -0.2) is 0 Å². The maximum atomic E-state index is 5.28. The SMILES string of the molecule is CCO[SiH2]CCCN.Cl. The molecule has 0 unspecified atom stereocenters. The zero-order chi connectivity index (χ0) is 6.24. The highest BCUT2D eigenvalue weighted by atomic mass is 35.5. The number of nitrogens with two attached hydrogens (primary N) is 1. The molecule has 0 aliphatic rings. The summed E-state index contributed by atoms with van der Waals surface area (Å²) in [5.41, 5.74) is 5.28. The number of hydrogen-bond acceptors (Lipinski definition) is 2. The highest BCUT2D eigenvalue weighted by Crippen LogP contribution is 1.84. The average molecular weight is 170 g/mol. The van der Waals surface area contributed by atoms with Crippen molar-refractivity contribution >= 4 is 22.2 Å². The van der Waals surface area contributed by atoms with Crippen LogP contribution in [-0.4, -0.2) is 22.9 Å². The molecular weight excluding hydrogens is 154 g/mol. The van der Waals surface area contributed by atoms with Crippen LogP contribution in [0.4, 0.5) is 0 Å². The van der Waals surface area contributed by atoms with Crippen LogP contribution >= 0.6 is 12.4 Å². The lowest BCUT2D eigenvalue weighted by molar-refractivity contribution is 0.359. The number of rotatable bonds is 5. The van der Waals surface area contributed by atoms with E-state index in [0.29, 0.717) is 0 Å². The van der Waals surface area contributed by atoms with Gasteiger partial charge in [0.2, 0.25) is 0 Å². The van der Waals surface area contributed by atoms with E-state index in [4.69, 9.17) is 10.2 Å². The van der Waals surface area contributed by atoms with Crippen LogP contribution in [0.25, 0.3) is 0 Å². The van der Waals surface area contributed by atoms with E-state index in [2.05, 4.69) is 0 Å². The minimum atomic E-state index is -0.180. The van der Waals surface area contributed by atoms with Crippen molar-refractivity contribution in [2.75, 3.05) is 13.2 Å². The zero-order valence-electron chi connectivity index (χ0n) is 5.93. The lowest BCUT2D eigenvalue weighted by atomic mass is 10.5. The number of hydrogen-bond donors (Lipinski definition) is 1. The van der Waals surface area contributed by atoms with Crippen LogP contribution in [0.1, 0.15) is 13.3 Å². The topological polar surface area (TPSA) is 35.2 Å². The molecule has 9 heavy (non-hydrogen) atoms. The Morgan fingerprint density at radius 3 is 2.67 bits per heavy atom. The van der Waals surface area contributed by atoms with Crippen molar-refractivity contribution in [3.63, 3.8) is 0 Å². The maximum Gasteiger partial charge on any atom is 0.161 e. The third-order valence-corrected chi connectivity index (χ3v) is 2.43. The molecule has 0 aliphatic heterocycles. The zero-order valence-corrected chi connectivity index (χ0v) is 8.16. The summed E-state index contributed by atoms with van der Waals surface area (Å²) in [5.74, 6) is 0. The van der Waals surface area contributed by atoms with Crippen LogP contribution in [0.15, 0.2) is 0 Å². The molecule has 0 aliphatic carbocycles. The minimum Gasteiger partial charge on any atom is -0.424 e. The van der Waals surface area contributed by atoms with Gasteiger partial charge in [-0.1, -0.05) is 0 Å². The summed E-state index contributed by atoms with van der Waals surface area (Å²) in [4.78, 5) is 0. The second kappa shape index (κ2) is 11.3. The third-order valence-electron chi connectivity index (χ3n) is 0.947. The first-order valence-corrected chi connectivity index (χ1v) is 4.77. The van der Waals surface area contributed by atoms with E-state index < -0.39 is 0 Å². The predicted octanol–water partition coefficient (Wildman–Crippen LogP) is 0.296. The highest BCUT2D eigenvalue weighted by Gasteiger charge is 1.84. The molecule has 0 amide bonds. The Balaban J connectivity index is 0. The molecule has 0 aromatic heterocycles. The molecule has 0 fully saturated rings. The summed E-state index contributed by atoms with van der Waals surface area (Å²) < 4.78 is 5.22. The molecule has 2 N–H and O–H groups in total. The van der Waals surface area contributed by atoms with Gasteiger partial charge in [0.1, 0.15) is 0 Å².